The van der Waals surface area contributed by atoms with Gasteiger partial charge in [-0.15, -0.1) is 0 Å². The lowest BCUT2D eigenvalue weighted by atomic mass is 9.83. The lowest BCUT2D eigenvalue weighted by Gasteiger charge is -2.43. The molecule has 0 saturated heterocycles. The summed E-state index contributed by atoms with van der Waals surface area (Å²) in [6, 6.07) is 0.0973. The number of hydrogen-bond donors (Lipinski definition) is 1. The molecule has 98 valence electrons. The van der Waals surface area contributed by atoms with Gasteiger partial charge in [0.2, 0.25) is 11.3 Å². The summed E-state index contributed by atoms with van der Waals surface area (Å²) in [5.74, 6) is 0. The van der Waals surface area contributed by atoms with Crippen molar-refractivity contribution in [3.63, 3.8) is 0 Å². The van der Waals surface area contributed by atoms with E-state index in [0.29, 0.717) is 0 Å². The number of nitrogens with zero attached hydrogens (tertiary/aromatic N) is 1. The van der Waals surface area contributed by atoms with Crippen LogP contribution in [0.5, 0.6) is 0 Å². The summed E-state index contributed by atoms with van der Waals surface area (Å²) in [6.45, 7) is 16.6. The first-order valence-corrected chi connectivity index (χ1v) is 6.84. The first-order chi connectivity index (χ1) is 6.89. The van der Waals surface area contributed by atoms with Crippen LogP contribution in [0.15, 0.2) is 0 Å². The SMILES string of the molecule is CC(N(C(C)C(C)(C)C)S(=O)O)C(C)(C)C. The van der Waals surface area contributed by atoms with Gasteiger partial charge in [0.15, 0.2) is 0 Å². The van der Waals surface area contributed by atoms with E-state index in [-0.39, 0.29) is 22.9 Å². The van der Waals surface area contributed by atoms with Crippen LogP contribution < -0.4 is 0 Å². The third kappa shape index (κ3) is 4.15. The fraction of sp³-hybridized carbons (Fsp3) is 1.00. The Morgan fingerprint density at radius 1 is 0.938 bits per heavy atom. The van der Waals surface area contributed by atoms with Crippen LogP contribution in [0.4, 0.5) is 0 Å². The molecule has 4 heteroatoms. The second-order valence-electron chi connectivity index (χ2n) is 6.67. The van der Waals surface area contributed by atoms with Gasteiger partial charge in [0.25, 0.3) is 0 Å². The molecular formula is C12H27NO2S. The molecule has 3 nitrogen and oxygen atoms in total. The van der Waals surface area contributed by atoms with Crippen LogP contribution in [0, 0.1) is 10.8 Å². The standard InChI is InChI=1S/C12H27NO2S/c1-9(11(3,4)5)13(16(14)15)10(2)12(6,7)8/h9-10H,1-8H3,(H,14,15). The van der Waals surface area contributed by atoms with Crippen molar-refractivity contribution >= 4 is 11.3 Å². The lowest BCUT2D eigenvalue weighted by Crippen LogP contribution is -2.51. The molecule has 16 heavy (non-hydrogen) atoms. The summed E-state index contributed by atoms with van der Waals surface area (Å²) in [6.07, 6.45) is 0. The third-order valence-electron chi connectivity index (χ3n) is 3.45. The maximum absolute atomic E-state index is 11.5. The second kappa shape index (κ2) is 5.15. The van der Waals surface area contributed by atoms with Crippen LogP contribution in [-0.4, -0.2) is 25.2 Å². The molecule has 0 aliphatic carbocycles. The Balaban J connectivity index is 5.11. The van der Waals surface area contributed by atoms with Crippen molar-refractivity contribution in [2.24, 2.45) is 10.8 Å². The molecule has 0 fully saturated rings. The van der Waals surface area contributed by atoms with Gasteiger partial charge in [-0.3, -0.25) is 4.55 Å². The summed E-state index contributed by atoms with van der Waals surface area (Å²) in [7, 11) is 0. The van der Waals surface area contributed by atoms with E-state index in [1.807, 2.05) is 13.8 Å². The molecule has 0 aliphatic heterocycles. The molecule has 0 spiro atoms. The van der Waals surface area contributed by atoms with E-state index in [1.54, 1.807) is 4.31 Å². The normalized spacial score (nSPS) is 19.6. The van der Waals surface area contributed by atoms with E-state index in [9.17, 15) is 8.76 Å². The second-order valence-corrected chi connectivity index (χ2v) is 7.56. The first kappa shape index (κ1) is 16.1. The molecular weight excluding hydrogens is 222 g/mol. The lowest BCUT2D eigenvalue weighted by molar-refractivity contribution is 0.101. The van der Waals surface area contributed by atoms with Gasteiger partial charge in [-0.25, -0.2) is 4.21 Å². The van der Waals surface area contributed by atoms with Crippen molar-refractivity contribution in [2.45, 2.75) is 67.5 Å². The topological polar surface area (TPSA) is 40.5 Å². The molecule has 0 heterocycles. The van der Waals surface area contributed by atoms with Gasteiger partial charge in [0.1, 0.15) is 0 Å². The molecule has 0 aliphatic rings. The first-order valence-electron chi connectivity index (χ1n) is 5.78. The van der Waals surface area contributed by atoms with E-state index in [4.69, 9.17) is 0 Å². The number of rotatable bonds is 3. The van der Waals surface area contributed by atoms with E-state index < -0.39 is 11.3 Å². The number of hydrogen-bond acceptors (Lipinski definition) is 1. The quantitative estimate of drug-likeness (QED) is 0.780. The maximum Gasteiger partial charge on any atom is 0.235 e. The molecule has 3 unspecified atom stereocenters. The highest BCUT2D eigenvalue weighted by molar-refractivity contribution is 7.76. The van der Waals surface area contributed by atoms with Crippen molar-refractivity contribution in [2.75, 3.05) is 0 Å². The molecule has 0 aromatic rings. The fourth-order valence-electron chi connectivity index (χ4n) is 1.37. The third-order valence-corrected chi connectivity index (χ3v) is 4.44. The van der Waals surface area contributed by atoms with Crippen LogP contribution in [0.1, 0.15) is 55.4 Å². The molecule has 0 rings (SSSR count). The molecule has 0 aromatic heterocycles. The molecule has 0 aromatic carbocycles. The van der Waals surface area contributed by atoms with Crippen LogP contribution >= 0.6 is 0 Å². The molecule has 0 bridgehead atoms. The minimum atomic E-state index is -1.92. The summed E-state index contributed by atoms with van der Waals surface area (Å²) in [5, 5.41) is 0. The van der Waals surface area contributed by atoms with Crippen molar-refractivity contribution in [1.82, 2.24) is 4.31 Å². The molecule has 0 saturated carbocycles. The Morgan fingerprint density at radius 2 is 1.19 bits per heavy atom. The Bertz CT molecular complexity index is 233. The molecule has 1 N–H and O–H groups in total. The van der Waals surface area contributed by atoms with E-state index >= 15 is 0 Å². The highest BCUT2D eigenvalue weighted by Crippen LogP contribution is 2.32. The summed E-state index contributed by atoms with van der Waals surface area (Å²) in [5.41, 5.74) is -0.0319. The predicted molar refractivity (Wildman–Crippen MR) is 70.4 cm³/mol. The van der Waals surface area contributed by atoms with Gasteiger partial charge in [-0.1, -0.05) is 41.5 Å². The Morgan fingerprint density at radius 3 is 1.31 bits per heavy atom. The van der Waals surface area contributed by atoms with Gasteiger partial charge < -0.3 is 0 Å². The maximum atomic E-state index is 11.5. The summed E-state index contributed by atoms with van der Waals surface area (Å²) < 4.78 is 22.7. The zero-order valence-corrected chi connectivity index (χ0v) is 12.7. The van der Waals surface area contributed by atoms with E-state index in [0.717, 1.165) is 0 Å². The van der Waals surface area contributed by atoms with Gasteiger partial charge in [0, 0.05) is 12.1 Å². The van der Waals surface area contributed by atoms with Crippen molar-refractivity contribution in [1.29, 1.82) is 0 Å². The molecule has 0 radical (unpaired) electrons. The molecule has 3 atom stereocenters. The molecule has 0 amide bonds. The van der Waals surface area contributed by atoms with Crippen LogP contribution in [-0.2, 0) is 11.3 Å². The Kier molecular flexibility index (Phi) is 5.17. The average molecular weight is 249 g/mol. The van der Waals surface area contributed by atoms with Crippen LogP contribution in [0.25, 0.3) is 0 Å². The minimum Gasteiger partial charge on any atom is -0.294 e. The largest absolute Gasteiger partial charge is 0.294 e. The van der Waals surface area contributed by atoms with Gasteiger partial charge in [-0.05, 0) is 24.7 Å². The smallest absolute Gasteiger partial charge is 0.235 e. The predicted octanol–water partition coefficient (Wildman–Crippen LogP) is 3.29. The highest BCUT2D eigenvalue weighted by atomic mass is 32.2. The van der Waals surface area contributed by atoms with Crippen LogP contribution in [0.3, 0.4) is 0 Å². The van der Waals surface area contributed by atoms with Crippen LogP contribution in [0.2, 0.25) is 0 Å². The zero-order valence-electron chi connectivity index (χ0n) is 11.9. The van der Waals surface area contributed by atoms with E-state index in [1.165, 1.54) is 0 Å². The average Bonchev–Trinajstić information content (AvgIpc) is 1.99. The summed E-state index contributed by atoms with van der Waals surface area (Å²) in [4.78, 5) is 0. The van der Waals surface area contributed by atoms with Crippen molar-refractivity contribution < 1.29 is 8.76 Å². The van der Waals surface area contributed by atoms with Crippen molar-refractivity contribution in [3.05, 3.63) is 0 Å². The Hall–Kier alpha value is 0.0700. The zero-order chi connectivity index (χ0) is 13.3. The fourth-order valence-corrected chi connectivity index (χ4v) is 2.54. The van der Waals surface area contributed by atoms with Gasteiger partial charge >= 0.3 is 0 Å². The summed E-state index contributed by atoms with van der Waals surface area (Å²) >= 11 is -1.92. The van der Waals surface area contributed by atoms with Gasteiger partial charge in [0.05, 0.1) is 0 Å². The van der Waals surface area contributed by atoms with Gasteiger partial charge in [-0.2, -0.15) is 4.31 Å². The van der Waals surface area contributed by atoms with Crippen molar-refractivity contribution in [3.8, 4) is 0 Å². The van der Waals surface area contributed by atoms with E-state index in [2.05, 4.69) is 41.5 Å². The Labute approximate surface area is 103 Å². The highest BCUT2D eigenvalue weighted by Gasteiger charge is 2.37. The minimum absolute atomic E-state index is 0.0160. The monoisotopic (exact) mass is 249 g/mol.